The van der Waals surface area contributed by atoms with Crippen molar-refractivity contribution in [3.63, 3.8) is 0 Å². The lowest BCUT2D eigenvalue weighted by Gasteiger charge is -2.09. The van der Waals surface area contributed by atoms with Gasteiger partial charge < -0.3 is 10.1 Å². The standard InChI is InChI=1S/C20H15ClFN5O4/c21-15-9-13(10-24-26-19-8-6-14(11-23-19)27(29)30)5-7-18(15)31-12-20(28)25-17-4-2-1-3-16(17)22/h1-11H,12H2,(H,23,26)(H,25,28)/b24-10-. The monoisotopic (exact) mass is 443 g/mol. The van der Waals surface area contributed by atoms with Crippen LogP contribution >= 0.6 is 11.6 Å². The van der Waals surface area contributed by atoms with Crippen molar-refractivity contribution >= 4 is 40.9 Å². The first kappa shape index (κ1) is 21.7. The van der Waals surface area contributed by atoms with E-state index in [-0.39, 0.29) is 28.8 Å². The number of hydrogen-bond donors (Lipinski definition) is 2. The Morgan fingerprint density at radius 3 is 2.74 bits per heavy atom. The third-order valence-electron chi connectivity index (χ3n) is 3.81. The van der Waals surface area contributed by atoms with Crippen molar-refractivity contribution in [2.75, 3.05) is 17.3 Å². The van der Waals surface area contributed by atoms with Crippen LogP contribution in [0.15, 0.2) is 65.9 Å². The Morgan fingerprint density at radius 1 is 1.26 bits per heavy atom. The lowest BCUT2D eigenvalue weighted by molar-refractivity contribution is -0.385. The first-order chi connectivity index (χ1) is 14.9. The minimum Gasteiger partial charge on any atom is -0.482 e. The molecule has 2 N–H and O–H groups in total. The Balaban J connectivity index is 1.53. The molecule has 0 saturated heterocycles. The number of carbonyl (C=O) groups excluding carboxylic acids is 1. The molecule has 0 spiro atoms. The van der Waals surface area contributed by atoms with Crippen LogP contribution in [0, 0.1) is 15.9 Å². The summed E-state index contributed by atoms with van der Waals surface area (Å²) in [6, 6.07) is 13.3. The van der Waals surface area contributed by atoms with Crippen LogP contribution in [0.25, 0.3) is 0 Å². The summed E-state index contributed by atoms with van der Waals surface area (Å²) in [5.41, 5.74) is 3.20. The number of benzene rings is 2. The Morgan fingerprint density at radius 2 is 2.06 bits per heavy atom. The predicted octanol–water partition coefficient (Wildman–Crippen LogP) is 4.25. The van der Waals surface area contributed by atoms with Crippen molar-refractivity contribution in [3.8, 4) is 5.75 Å². The smallest absolute Gasteiger partial charge is 0.287 e. The van der Waals surface area contributed by atoms with E-state index in [0.717, 1.165) is 6.20 Å². The van der Waals surface area contributed by atoms with Crippen LogP contribution in [-0.2, 0) is 4.79 Å². The van der Waals surface area contributed by atoms with Crippen molar-refractivity contribution in [1.29, 1.82) is 0 Å². The van der Waals surface area contributed by atoms with Gasteiger partial charge in [-0.25, -0.2) is 9.37 Å². The summed E-state index contributed by atoms with van der Waals surface area (Å²) in [6.45, 7) is -0.352. The van der Waals surface area contributed by atoms with Gasteiger partial charge in [-0.2, -0.15) is 5.10 Å². The lowest BCUT2D eigenvalue weighted by Crippen LogP contribution is -2.20. The topological polar surface area (TPSA) is 119 Å². The summed E-state index contributed by atoms with van der Waals surface area (Å²) in [5.74, 6) is -0.483. The molecule has 0 aliphatic carbocycles. The van der Waals surface area contributed by atoms with Gasteiger partial charge in [-0.1, -0.05) is 23.7 Å². The molecule has 11 heteroatoms. The summed E-state index contributed by atoms with van der Waals surface area (Å²) < 4.78 is 18.9. The number of hydrazone groups is 1. The molecule has 0 aliphatic heterocycles. The van der Waals surface area contributed by atoms with Crippen LogP contribution < -0.4 is 15.5 Å². The Bertz CT molecular complexity index is 1120. The van der Waals surface area contributed by atoms with Gasteiger partial charge in [0.1, 0.15) is 23.6 Å². The number of amides is 1. The molecule has 3 rings (SSSR count). The van der Waals surface area contributed by atoms with Crippen LogP contribution in [0.1, 0.15) is 5.56 Å². The number of anilines is 2. The molecule has 158 valence electrons. The number of carbonyl (C=O) groups is 1. The van der Waals surface area contributed by atoms with Gasteiger partial charge in [-0.15, -0.1) is 0 Å². The quantitative estimate of drug-likeness (QED) is 0.305. The van der Waals surface area contributed by atoms with Crippen molar-refractivity contribution in [2.45, 2.75) is 0 Å². The normalized spacial score (nSPS) is 10.6. The maximum Gasteiger partial charge on any atom is 0.287 e. The highest BCUT2D eigenvalue weighted by molar-refractivity contribution is 6.32. The number of ether oxygens (including phenoxy) is 1. The third kappa shape index (κ3) is 6.21. The fourth-order valence-electron chi connectivity index (χ4n) is 2.34. The van der Waals surface area contributed by atoms with Gasteiger partial charge in [0, 0.05) is 6.07 Å². The molecule has 9 nitrogen and oxygen atoms in total. The third-order valence-corrected chi connectivity index (χ3v) is 4.11. The molecule has 31 heavy (non-hydrogen) atoms. The van der Waals surface area contributed by atoms with E-state index in [0.29, 0.717) is 11.4 Å². The first-order valence-electron chi connectivity index (χ1n) is 8.78. The molecule has 0 aliphatic rings. The maximum absolute atomic E-state index is 13.6. The fraction of sp³-hybridized carbons (Fsp3) is 0.0500. The highest BCUT2D eigenvalue weighted by Gasteiger charge is 2.09. The molecule has 0 fully saturated rings. The Hall–Kier alpha value is -4.05. The summed E-state index contributed by atoms with van der Waals surface area (Å²) >= 11 is 6.17. The van der Waals surface area contributed by atoms with Gasteiger partial charge in [0.2, 0.25) is 0 Å². The van der Waals surface area contributed by atoms with Crippen LogP contribution in [-0.4, -0.2) is 28.6 Å². The number of nitro groups is 1. The minimum absolute atomic E-state index is 0.0590. The average Bonchev–Trinajstić information content (AvgIpc) is 2.75. The predicted molar refractivity (Wildman–Crippen MR) is 114 cm³/mol. The SMILES string of the molecule is O=C(COc1ccc(/C=N\Nc2ccc([N+](=O)[O-])cn2)cc1Cl)Nc1ccccc1F. The van der Waals surface area contributed by atoms with E-state index in [1.54, 1.807) is 24.3 Å². The largest absolute Gasteiger partial charge is 0.482 e. The minimum atomic E-state index is -0.546. The number of hydrogen-bond acceptors (Lipinski definition) is 7. The van der Waals surface area contributed by atoms with Gasteiger partial charge >= 0.3 is 0 Å². The molecule has 1 aromatic heterocycles. The number of halogens is 2. The molecule has 0 radical (unpaired) electrons. The van der Waals surface area contributed by atoms with Crippen LogP contribution in [0.3, 0.4) is 0 Å². The van der Waals surface area contributed by atoms with E-state index >= 15 is 0 Å². The lowest BCUT2D eigenvalue weighted by atomic mass is 10.2. The summed E-state index contributed by atoms with van der Waals surface area (Å²) in [4.78, 5) is 25.9. The van der Waals surface area contributed by atoms with Crippen molar-refractivity contribution in [2.24, 2.45) is 5.10 Å². The number of nitrogens with zero attached hydrogens (tertiary/aromatic N) is 3. The highest BCUT2D eigenvalue weighted by atomic mass is 35.5. The van der Waals surface area contributed by atoms with E-state index in [9.17, 15) is 19.3 Å². The highest BCUT2D eigenvalue weighted by Crippen LogP contribution is 2.25. The maximum atomic E-state index is 13.6. The van der Waals surface area contributed by atoms with E-state index < -0.39 is 16.6 Å². The first-order valence-corrected chi connectivity index (χ1v) is 9.16. The summed E-state index contributed by atoms with van der Waals surface area (Å²) in [6.07, 6.45) is 2.58. The number of nitrogens with one attached hydrogen (secondary N) is 2. The molecule has 3 aromatic rings. The summed E-state index contributed by atoms with van der Waals surface area (Å²) in [5, 5.41) is 17.2. The van der Waals surface area contributed by atoms with E-state index in [1.165, 1.54) is 36.5 Å². The molecule has 0 saturated carbocycles. The fourth-order valence-corrected chi connectivity index (χ4v) is 2.58. The van der Waals surface area contributed by atoms with Crippen LogP contribution in [0.2, 0.25) is 5.02 Å². The summed E-state index contributed by atoms with van der Waals surface area (Å²) in [7, 11) is 0. The Labute approximate surface area is 180 Å². The Kier molecular flexibility index (Phi) is 7.07. The van der Waals surface area contributed by atoms with Crippen LogP contribution in [0.5, 0.6) is 5.75 Å². The number of para-hydroxylation sites is 1. The molecule has 2 aromatic carbocycles. The van der Waals surface area contributed by atoms with E-state index in [1.807, 2.05) is 0 Å². The molecule has 0 atom stereocenters. The number of rotatable bonds is 8. The average molecular weight is 444 g/mol. The van der Waals surface area contributed by atoms with E-state index in [4.69, 9.17) is 16.3 Å². The molecular formula is C20H15ClFN5O4. The molecule has 1 heterocycles. The van der Waals surface area contributed by atoms with Crippen molar-refractivity contribution in [1.82, 2.24) is 4.98 Å². The van der Waals surface area contributed by atoms with Gasteiger partial charge in [0.25, 0.3) is 11.6 Å². The van der Waals surface area contributed by atoms with E-state index in [2.05, 4.69) is 20.8 Å². The van der Waals surface area contributed by atoms with Gasteiger partial charge in [0.15, 0.2) is 6.61 Å². The zero-order valence-electron chi connectivity index (χ0n) is 15.8. The van der Waals surface area contributed by atoms with Crippen LogP contribution in [0.4, 0.5) is 21.6 Å². The molecular weight excluding hydrogens is 429 g/mol. The molecule has 0 bridgehead atoms. The number of aromatic nitrogens is 1. The second-order valence-electron chi connectivity index (χ2n) is 6.04. The van der Waals surface area contributed by atoms with Gasteiger partial charge in [0.05, 0.1) is 21.8 Å². The second kappa shape index (κ2) is 10.1. The van der Waals surface area contributed by atoms with Crippen molar-refractivity contribution < 1.29 is 18.8 Å². The van der Waals surface area contributed by atoms with Crippen molar-refractivity contribution in [3.05, 3.63) is 87.3 Å². The number of pyridine rings is 1. The zero-order chi connectivity index (χ0) is 22.2. The zero-order valence-corrected chi connectivity index (χ0v) is 16.5. The molecule has 1 amide bonds. The van der Waals surface area contributed by atoms with Gasteiger partial charge in [-0.3, -0.25) is 20.3 Å². The molecule has 0 unspecified atom stereocenters. The van der Waals surface area contributed by atoms with Gasteiger partial charge in [-0.05, 0) is 42.0 Å². The second-order valence-corrected chi connectivity index (χ2v) is 6.44.